The van der Waals surface area contributed by atoms with E-state index >= 15 is 0 Å². The molecule has 2 atom stereocenters. The molecule has 0 spiro atoms. The highest BCUT2D eigenvalue weighted by atomic mass is 32.1. The monoisotopic (exact) mass is 454 g/mol. The minimum Gasteiger partial charge on any atom is -0.489 e. The highest BCUT2D eigenvalue weighted by Gasteiger charge is 2.39. The topological polar surface area (TPSA) is 69.0 Å². The number of nitrogens with zero attached hydrogens (tertiary/aromatic N) is 3. The Morgan fingerprint density at radius 2 is 1.88 bits per heavy atom. The maximum absolute atomic E-state index is 13.4. The SMILES string of the molecule is O=C1C[C@@H](c2cccs2)CC2=C1[C@H](c1ccc(OCc3ccccc3)cc1)n1ncnc1N2. The van der Waals surface area contributed by atoms with Crippen LogP contribution in [0.25, 0.3) is 0 Å². The van der Waals surface area contributed by atoms with Crippen LogP contribution in [0.4, 0.5) is 5.95 Å². The number of rotatable bonds is 5. The fourth-order valence-corrected chi connectivity index (χ4v) is 5.50. The molecule has 0 radical (unpaired) electrons. The Bertz CT molecular complexity index is 1310. The highest BCUT2D eigenvalue weighted by molar-refractivity contribution is 7.10. The van der Waals surface area contributed by atoms with E-state index in [-0.39, 0.29) is 17.7 Å². The Morgan fingerprint density at radius 3 is 2.67 bits per heavy atom. The molecule has 7 heteroatoms. The largest absolute Gasteiger partial charge is 0.489 e. The number of thiophene rings is 1. The number of hydrogen-bond donors (Lipinski definition) is 1. The van der Waals surface area contributed by atoms with Gasteiger partial charge >= 0.3 is 0 Å². The molecule has 6 rings (SSSR count). The van der Waals surface area contributed by atoms with Crippen molar-refractivity contribution in [3.63, 3.8) is 0 Å². The Balaban J connectivity index is 1.30. The number of carbonyl (C=O) groups is 1. The molecule has 1 aliphatic carbocycles. The summed E-state index contributed by atoms with van der Waals surface area (Å²) in [5.41, 5.74) is 3.86. The van der Waals surface area contributed by atoms with Crippen molar-refractivity contribution < 1.29 is 9.53 Å². The second-order valence-electron chi connectivity index (χ2n) is 8.34. The number of nitrogens with one attached hydrogen (secondary N) is 1. The molecule has 2 aliphatic rings. The fraction of sp³-hybridized carbons (Fsp3) is 0.192. The van der Waals surface area contributed by atoms with Crippen LogP contribution in [0.2, 0.25) is 0 Å². The summed E-state index contributed by atoms with van der Waals surface area (Å²) in [5, 5.41) is 9.88. The highest BCUT2D eigenvalue weighted by Crippen LogP contribution is 2.44. The molecule has 0 amide bonds. The number of carbonyl (C=O) groups excluding carboxylic acids is 1. The van der Waals surface area contributed by atoms with Crippen molar-refractivity contribution >= 4 is 23.1 Å². The van der Waals surface area contributed by atoms with Crippen LogP contribution < -0.4 is 10.1 Å². The molecule has 33 heavy (non-hydrogen) atoms. The molecule has 0 unspecified atom stereocenters. The van der Waals surface area contributed by atoms with Gasteiger partial charge in [-0.3, -0.25) is 4.79 Å². The molecule has 0 saturated carbocycles. The minimum absolute atomic E-state index is 0.165. The molecular weight excluding hydrogens is 432 g/mol. The number of fused-ring (bicyclic) bond motifs is 1. The van der Waals surface area contributed by atoms with Crippen molar-refractivity contribution in [1.82, 2.24) is 14.8 Å². The number of hydrogen-bond acceptors (Lipinski definition) is 6. The van der Waals surface area contributed by atoms with Crippen molar-refractivity contribution in [1.29, 1.82) is 0 Å². The van der Waals surface area contributed by atoms with Gasteiger partial charge in [0.05, 0.1) is 0 Å². The molecule has 4 aromatic rings. The molecule has 3 heterocycles. The minimum atomic E-state index is -0.293. The first kappa shape index (κ1) is 19.9. The zero-order valence-corrected chi connectivity index (χ0v) is 18.7. The zero-order valence-electron chi connectivity index (χ0n) is 17.8. The van der Waals surface area contributed by atoms with E-state index in [2.05, 4.69) is 26.8 Å². The van der Waals surface area contributed by atoms with Crippen molar-refractivity contribution in [3.05, 3.63) is 106 Å². The molecule has 1 N–H and O–H groups in total. The van der Waals surface area contributed by atoms with E-state index < -0.39 is 0 Å². The summed E-state index contributed by atoms with van der Waals surface area (Å²) in [5.74, 6) is 1.82. The molecule has 2 aromatic carbocycles. The lowest BCUT2D eigenvalue weighted by Gasteiger charge is -2.34. The van der Waals surface area contributed by atoms with E-state index in [1.807, 2.05) is 65.3 Å². The molecule has 164 valence electrons. The van der Waals surface area contributed by atoms with Gasteiger partial charge in [0.25, 0.3) is 0 Å². The first-order chi connectivity index (χ1) is 16.3. The van der Waals surface area contributed by atoms with Crippen LogP contribution >= 0.6 is 11.3 Å². The third-order valence-corrected chi connectivity index (χ3v) is 7.29. The Kier molecular flexibility index (Phi) is 5.03. The molecule has 0 saturated heterocycles. The predicted molar refractivity (Wildman–Crippen MR) is 127 cm³/mol. The van der Waals surface area contributed by atoms with Crippen LogP contribution in [0.5, 0.6) is 5.75 Å². The maximum Gasteiger partial charge on any atom is 0.226 e. The van der Waals surface area contributed by atoms with Gasteiger partial charge in [0.2, 0.25) is 5.95 Å². The Labute approximate surface area is 195 Å². The average molecular weight is 455 g/mol. The number of ether oxygens (including phenoxy) is 1. The normalized spacial score (nSPS) is 19.6. The van der Waals surface area contributed by atoms with Crippen molar-refractivity contribution in [2.45, 2.75) is 31.4 Å². The molecule has 1 aliphatic heterocycles. The van der Waals surface area contributed by atoms with E-state index in [0.717, 1.165) is 34.6 Å². The number of allylic oxidation sites excluding steroid dienone is 2. The summed E-state index contributed by atoms with van der Waals surface area (Å²) in [6, 6.07) is 21.9. The van der Waals surface area contributed by atoms with E-state index in [9.17, 15) is 4.79 Å². The zero-order chi connectivity index (χ0) is 22.2. The first-order valence-electron chi connectivity index (χ1n) is 11.0. The third kappa shape index (κ3) is 3.74. The molecule has 0 bridgehead atoms. The third-order valence-electron chi connectivity index (χ3n) is 6.25. The van der Waals surface area contributed by atoms with Crippen LogP contribution in [0, 0.1) is 0 Å². The number of anilines is 1. The lowest BCUT2D eigenvalue weighted by atomic mass is 9.80. The van der Waals surface area contributed by atoms with Gasteiger partial charge in [0.15, 0.2) is 5.78 Å². The number of aromatic nitrogens is 3. The summed E-state index contributed by atoms with van der Waals surface area (Å²) in [6.45, 7) is 0.513. The molecular formula is C26H22N4O2S. The average Bonchev–Trinajstić information content (AvgIpc) is 3.55. The summed E-state index contributed by atoms with van der Waals surface area (Å²) in [4.78, 5) is 19.0. The second kappa shape index (κ2) is 8.33. The summed E-state index contributed by atoms with van der Waals surface area (Å²) >= 11 is 1.71. The van der Waals surface area contributed by atoms with Crippen LogP contribution in [0.15, 0.2) is 89.7 Å². The number of ketones is 1. The maximum atomic E-state index is 13.4. The summed E-state index contributed by atoms with van der Waals surface area (Å²) < 4.78 is 7.75. The summed E-state index contributed by atoms with van der Waals surface area (Å²) in [6.07, 6.45) is 2.84. The van der Waals surface area contributed by atoms with Gasteiger partial charge in [0, 0.05) is 28.5 Å². The van der Waals surface area contributed by atoms with Crippen molar-refractivity contribution in [3.8, 4) is 5.75 Å². The van der Waals surface area contributed by atoms with Crippen LogP contribution in [-0.4, -0.2) is 20.5 Å². The number of benzene rings is 2. The van der Waals surface area contributed by atoms with Gasteiger partial charge in [-0.1, -0.05) is 48.5 Å². The Morgan fingerprint density at radius 1 is 1.03 bits per heavy atom. The van der Waals surface area contributed by atoms with Gasteiger partial charge in [-0.05, 0) is 41.1 Å². The quantitative estimate of drug-likeness (QED) is 0.441. The van der Waals surface area contributed by atoms with E-state index in [0.29, 0.717) is 19.0 Å². The van der Waals surface area contributed by atoms with Gasteiger partial charge in [0.1, 0.15) is 24.7 Å². The molecule has 2 aromatic heterocycles. The fourth-order valence-electron chi connectivity index (χ4n) is 4.67. The van der Waals surface area contributed by atoms with Gasteiger partial charge < -0.3 is 10.1 Å². The lowest BCUT2D eigenvalue weighted by Crippen LogP contribution is -2.33. The molecule has 6 nitrogen and oxygen atoms in total. The van der Waals surface area contributed by atoms with Crippen molar-refractivity contribution in [2.24, 2.45) is 0 Å². The predicted octanol–water partition coefficient (Wildman–Crippen LogP) is 5.33. The smallest absolute Gasteiger partial charge is 0.226 e. The van der Waals surface area contributed by atoms with E-state index in [1.165, 1.54) is 11.2 Å². The lowest BCUT2D eigenvalue weighted by molar-refractivity contribution is -0.116. The van der Waals surface area contributed by atoms with Crippen LogP contribution in [0.1, 0.15) is 40.8 Å². The van der Waals surface area contributed by atoms with Crippen molar-refractivity contribution in [2.75, 3.05) is 5.32 Å². The van der Waals surface area contributed by atoms with E-state index in [4.69, 9.17) is 4.74 Å². The van der Waals surface area contributed by atoms with Gasteiger partial charge in [-0.15, -0.1) is 11.3 Å². The van der Waals surface area contributed by atoms with Crippen LogP contribution in [0.3, 0.4) is 0 Å². The van der Waals surface area contributed by atoms with E-state index in [1.54, 1.807) is 11.3 Å². The van der Waals surface area contributed by atoms with Gasteiger partial charge in [-0.2, -0.15) is 10.1 Å². The first-order valence-corrected chi connectivity index (χ1v) is 11.9. The van der Waals surface area contributed by atoms with Crippen LogP contribution in [-0.2, 0) is 11.4 Å². The second-order valence-corrected chi connectivity index (χ2v) is 9.31. The number of Topliss-reactive ketones (excluding diaryl/α,β-unsaturated/α-hetero) is 1. The Hall–Kier alpha value is -3.71. The summed E-state index contributed by atoms with van der Waals surface area (Å²) in [7, 11) is 0. The molecule has 0 fully saturated rings. The van der Waals surface area contributed by atoms with Gasteiger partial charge in [-0.25, -0.2) is 4.68 Å². The standard InChI is InChI=1S/C26H22N4O2S/c31-22-14-19(23-7-4-12-33-23)13-21-24(22)25(30-26(29-21)27-16-28-30)18-8-10-20(11-9-18)32-15-17-5-2-1-3-6-17/h1-12,16,19,25H,13-15H2,(H,27,28,29)/t19-,25-/m0/s1.